The summed E-state index contributed by atoms with van der Waals surface area (Å²) in [5, 5.41) is 0. The van der Waals surface area contributed by atoms with Gasteiger partial charge in [-0.3, -0.25) is 0 Å². The maximum atomic E-state index is 5.47. The van der Waals surface area contributed by atoms with Gasteiger partial charge in [0.15, 0.2) is 0 Å². The molecule has 3 heteroatoms. The summed E-state index contributed by atoms with van der Waals surface area (Å²) in [4.78, 5) is 0. The quantitative estimate of drug-likeness (QED) is 0.305. The minimum atomic E-state index is 0.878. The van der Waals surface area contributed by atoms with Gasteiger partial charge in [0.1, 0.15) is 0 Å². The van der Waals surface area contributed by atoms with Crippen molar-refractivity contribution >= 4 is 22.0 Å². The second-order valence-electron chi connectivity index (χ2n) is 5.58. The Hall–Kier alpha value is 0.195. The lowest BCUT2D eigenvalue weighted by atomic mass is 9.26. The van der Waals surface area contributed by atoms with Crippen LogP contribution in [0, 0.1) is 5.92 Å². The largest absolute Gasteiger partial charge is 0.0867 e. The predicted molar refractivity (Wildman–Crippen MR) is 87.7 cm³/mol. The second kappa shape index (κ2) is 15.3. The van der Waals surface area contributed by atoms with Crippen LogP contribution in [0.15, 0.2) is 0 Å². The van der Waals surface area contributed by atoms with Gasteiger partial charge >= 0.3 is 0 Å². The van der Waals surface area contributed by atoms with E-state index >= 15 is 0 Å². The highest BCUT2D eigenvalue weighted by atomic mass is 14.1. The number of unbranched alkanes of at least 4 members (excludes halogenated alkanes) is 7. The van der Waals surface area contributed by atoms with E-state index in [0.717, 1.165) is 5.92 Å². The number of hydrogen-bond donors (Lipinski definition) is 0. The standard InChI is InChI=1S/C15H31B3/c1-3-5-7-9-11-13-15(14-17-18-16)12-10-8-6-4-2/h15H,3-14H2,1-2H3/t15-/m1/s1. The molecule has 0 aromatic carbocycles. The summed E-state index contributed by atoms with van der Waals surface area (Å²) < 4.78 is 0. The third kappa shape index (κ3) is 12.6. The lowest BCUT2D eigenvalue weighted by Gasteiger charge is -2.16. The Balaban J connectivity index is 3.56. The van der Waals surface area contributed by atoms with Crippen molar-refractivity contribution in [1.82, 2.24) is 0 Å². The molecule has 4 radical (unpaired) electrons. The molecule has 0 aromatic heterocycles. The Kier molecular flexibility index (Phi) is 15.4. The minimum Gasteiger partial charge on any atom is -0.0867 e. The molecule has 0 unspecified atom stereocenters. The zero-order valence-corrected chi connectivity index (χ0v) is 12.8. The van der Waals surface area contributed by atoms with Gasteiger partial charge in [-0.1, -0.05) is 90.8 Å². The fourth-order valence-corrected chi connectivity index (χ4v) is 2.55. The molecule has 0 heterocycles. The van der Waals surface area contributed by atoms with Gasteiger partial charge in [0, 0.05) is 14.8 Å². The molecule has 0 amide bonds. The van der Waals surface area contributed by atoms with Crippen LogP contribution in [-0.4, -0.2) is 22.0 Å². The van der Waals surface area contributed by atoms with Gasteiger partial charge in [0.25, 0.3) is 0 Å². The van der Waals surface area contributed by atoms with Crippen LogP contribution in [0.5, 0.6) is 0 Å². The Bertz CT molecular complexity index is 151. The van der Waals surface area contributed by atoms with Gasteiger partial charge in [0.05, 0.1) is 7.17 Å². The highest BCUT2D eigenvalue weighted by Crippen LogP contribution is 2.21. The molecule has 18 heavy (non-hydrogen) atoms. The third-order valence-corrected chi connectivity index (χ3v) is 3.79. The molecular formula is C15H31B3. The molecule has 0 aliphatic carbocycles. The zero-order valence-electron chi connectivity index (χ0n) is 12.8. The van der Waals surface area contributed by atoms with Gasteiger partial charge in [-0.25, -0.2) is 0 Å². The first-order chi connectivity index (χ1) is 8.85. The molecule has 0 aromatic rings. The lowest BCUT2D eigenvalue weighted by Crippen LogP contribution is -2.10. The van der Waals surface area contributed by atoms with Gasteiger partial charge in [0.2, 0.25) is 0 Å². The Morgan fingerprint density at radius 1 is 0.778 bits per heavy atom. The van der Waals surface area contributed by atoms with Crippen molar-refractivity contribution in [1.29, 1.82) is 0 Å². The molecule has 0 spiro atoms. The molecule has 0 nitrogen and oxygen atoms in total. The first-order valence-electron chi connectivity index (χ1n) is 8.21. The van der Waals surface area contributed by atoms with E-state index in [1.54, 1.807) is 7.06 Å². The normalized spacial score (nSPS) is 12.3. The van der Waals surface area contributed by atoms with Crippen molar-refractivity contribution < 1.29 is 0 Å². The van der Waals surface area contributed by atoms with E-state index in [-0.39, 0.29) is 0 Å². The first kappa shape index (κ1) is 18.2. The van der Waals surface area contributed by atoms with Crippen molar-refractivity contribution in [2.75, 3.05) is 0 Å². The summed E-state index contributed by atoms with van der Waals surface area (Å²) in [6.45, 7) is 4.56. The van der Waals surface area contributed by atoms with E-state index in [1.807, 2.05) is 0 Å². The van der Waals surface area contributed by atoms with Crippen molar-refractivity contribution in [3.8, 4) is 0 Å². The van der Waals surface area contributed by atoms with Gasteiger partial charge < -0.3 is 0 Å². The summed E-state index contributed by atoms with van der Waals surface area (Å²) in [7, 11) is 9.33. The smallest absolute Gasteiger partial charge is 0.0548 e. The van der Waals surface area contributed by atoms with E-state index in [9.17, 15) is 0 Å². The van der Waals surface area contributed by atoms with Crippen LogP contribution in [0.25, 0.3) is 0 Å². The number of hydrogen-bond acceptors (Lipinski definition) is 0. The average molecular weight is 244 g/mol. The van der Waals surface area contributed by atoms with E-state index in [1.165, 1.54) is 76.9 Å². The van der Waals surface area contributed by atoms with Crippen LogP contribution >= 0.6 is 0 Å². The van der Waals surface area contributed by atoms with Crippen molar-refractivity contribution in [2.45, 2.75) is 90.8 Å². The van der Waals surface area contributed by atoms with Crippen LogP contribution in [0.4, 0.5) is 0 Å². The van der Waals surface area contributed by atoms with Crippen molar-refractivity contribution in [3.63, 3.8) is 0 Å². The van der Waals surface area contributed by atoms with Crippen molar-refractivity contribution in [3.05, 3.63) is 0 Å². The number of rotatable bonds is 14. The predicted octanol–water partition coefficient (Wildman–Crippen LogP) is 4.76. The van der Waals surface area contributed by atoms with E-state index < -0.39 is 0 Å². The Morgan fingerprint density at radius 2 is 1.28 bits per heavy atom. The van der Waals surface area contributed by atoms with E-state index in [2.05, 4.69) is 21.0 Å². The van der Waals surface area contributed by atoms with Crippen LogP contribution in [0.1, 0.15) is 84.5 Å². The van der Waals surface area contributed by atoms with Crippen LogP contribution in [0.2, 0.25) is 6.32 Å². The van der Waals surface area contributed by atoms with E-state index in [0.29, 0.717) is 0 Å². The average Bonchev–Trinajstić information content (AvgIpc) is 2.39. The lowest BCUT2D eigenvalue weighted by molar-refractivity contribution is 0.434. The highest BCUT2D eigenvalue weighted by molar-refractivity contribution is 7.23. The highest BCUT2D eigenvalue weighted by Gasteiger charge is 2.07. The first-order valence-corrected chi connectivity index (χ1v) is 8.21. The molecule has 0 saturated carbocycles. The molecule has 100 valence electrons. The Morgan fingerprint density at radius 3 is 1.78 bits per heavy atom. The summed E-state index contributed by atoms with van der Waals surface area (Å²) >= 11 is 0. The van der Waals surface area contributed by atoms with Crippen LogP contribution < -0.4 is 0 Å². The minimum absolute atomic E-state index is 0.878. The van der Waals surface area contributed by atoms with Crippen LogP contribution in [0.3, 0.4) is 0 Å². The summed E-state index contributed by atoms with van der Waals surface area (Å²) in [6, 6.07) is 0. The molecule has 0 aliphatic heterocycles. The second-order valence-corrected chi connectivity index (χ2v) is 5.58. The molecule has 0 aliphatic rings. The summed E-state index contributed by atoms with van der Waals surface area (Å²) in [5.74, 6) is 0.878. The fourth-order valence-electron chi connectivity index (χ4n) is 2.55. The monoisotopic (exact) mass is 244 g/mol. The van der Waals surface area contributed by atoms with Crippen molar-refractivity contribution in [2.24, 2.45) is 5.92 Å². The summed E-state index contributed by atoms with van der Waals surface area (Å²) in [5.41, 5.74) is 0. The molecule has 0 fully saturated rings. The molecule has 0 saturated heterocycles. The zero-order chi connectivity index (χ0) is 13.5. The topological polar surface area (TPSA) is 0 Å². The third-order valence-electron chi connectivity index (χ3n) is 3.79. The fraction of sp³-hybridized carbons (Fsp3) is 1.00. The molecule has 1 atom stereocenters. The summed E-state index contributed by atoms with van der Waals surface area (Å²) in [6.07, 6.45) is 16.6. The maximum absolute atomic E-state index is 5.47. The molecule has 0 rings (SSSR count). The van der Waals surface area contributed by atoms with E-state index in [4.69, 9.17) is 7.74 Å². The molecular weight excluding hydrogens is 213 g/mol. The molecule has 0 bridgehead atoms. The van der Waals surface area contributed by atoms with Crippen LogP contribution in [-0.2, 0) is 0 Å². The SMILES string of the molecule is [B][B][B]C[C@H](CCCCCC)CCCCCCC. The Labute approximate surface area is 119 Å². The van der Waals surface area contributed by atoms with Gasteiger partial charge in [-0.2, -0.15) is 0 Å². The molecule has 0 N–H and O–H groups in total. The van der Waals surface area contributed by atoms with Gasteiger partial charge in [-0.05, 0) is 5.92 Å². The van der Waals surface area contributed by atoms with Gasteiger partial charge in [-0.15, -0.1) is 0 Å². The maximum Gasteiger partial charge on any atom is 0.0548 e.